The number of hydrogen-bond acceptors (Lipinski definition) is 3. The molecular weight excluding hydrogens is 429 g/mol. The molecule has 0 fully saturated rings. The second-order valence-corrected chi connectivity index (χ2v) is 8.42. The number of rotatable bonds is 5. The summed E-state index contributed by atoms with van der Waals surface area (Å²) >= 11 is 23.3. The Morgan fingerprint density at radius 2 is 1.78 bits per heavy atom. The highest BCUT2D eigenvalue weighted by atomic mass is 35.6. The van der Waals surface area contributed by atoms with E-state index in [1.807, 2.05) is 31.2 Å². The maximum absolute atomic E-state index is 12.5. The molecule has 5 nitrogen and oxygen atoms in total. The Morgan fingerprint density at radius 1 is 1.11 bits per heavy atom. The van der Waals surface area contributed by atoms with Crippen molar-refractivity contribution in [3.63, 3.8) is 0 Å². The maximum Gasteiger partial charge on any atom is 0.252 e. The van der Waals surface area contributed by atoms with Crippen LogP contribution < -0.4 is 20.7 Å². The molecule has 0 bridgehead atoms. The lowest BCUT2D eigenvalue weighted by Gasteiger charge is -2.27. The number of amides is 1. The minimum Gasteiger partial charge on any atom is -0.497 e. The molecule has 1 amide bonds. The van der Waals surface area contributed by atoms with Crippen molar-refractivity contribution in [1.82, 2.24) is 10.6 Å². The topological polar surface area (TPSA) is 62.4 Å². The van der Waals surface area contributed by atoms with Crippen LogP contribution in [0, 0.1) is 6.92 Å². The first kappa shape index (κ1) is 21.6. The lowest BCUT2D eigenvalue weighted by atomic mass is 10.2. The maximum atomic E-state index is 12.5. The molecule has 3 N–H and O–H groups in total. The van der Waals surface area contributed by atoms with Gasteiger partial charge in [-0.15, -0.1) is 0 Å². The normalized spacial score (nSPS) is 12.0. The van der Waals surface area contributed by atoms with Gasteiger partial charge in [-0.2, -0.15) is 0 Å². The summed E-state index contributed by atoms with van der Waals surface area (Å²) < 4.78 is 3.24. The molecule has 0 heterocycles. The third kappa shape index (κ3) is 6.74. The summed E-state index contributed by atoms with van der Waals surface area (Å²) in [5, 5.41) is 8.63. The van der Waals surface area contributed by atoms with Crippen molar-refractivity contribution in [2.45, 2.75) is 16.9 Å². The third-order valence-corrected chi connectivity index (χ3v) is 4.38. The van der Waals surface area contributed by atoms with Gasteiger partial charge in [-0.05, 0) is 61.1 Å². The average molecular weight is 447 g/mol. The van der Waals surface area contributed by atoms with E-state index in [4.69, 9.17) is 51.8 Å². The highest BCUT2D eigenvalue weighted by Crippen LogP contribution is 2.29. The molecule has 0 saturated carbocycles. The molecule has 2 aromatic rings. The molecule has 0 aliphatic rings. The fourth-order valence-corrected chi connectivity index (χ4v) is 2.74. The summed E-state index contributed by atoms with van der Waals surface area (Å²) in [6.07, 6.45) is -1.05. The molecule has 2 aromatic carbocycles. The van der Waals surface area contributed by atoms with Crippen LogP contribution >= 0.6 is 47.0 Å². The van der Waals surface area contributed by atoms with Gasteiger partial charge in [-0.1, -0.05) is 46.9 Å². The summed E-state index contributed by atoms with van der Waals surface area (Å²) in [7, 11) is 1.54. The summed E-state index contributed by atoms with van der Waals surface area (Å²) in [6, 6.07) is 14.1. The molecule has 0 spiro atoms. The van der Waals surface area contributed by atoms with E-state index in [9.17, 15) is 4.79 Å². The zero-order valence-electron chi connectivity index (χ0n) is 14.6. The lowest BCUT2D eigenvalue weighted by Crippen LogP contribution is -2.56. The van der Waals surface area contributed by atoms with E-state index >= 15 is 0 Å². The average Bonchev–Trinajstić information content (AvgIpc) is 2.60. The van der Waals surface area contributed by atoms with Crippen molar-refractivity contribution in [1.29, 1.82) is 0 Å². The van der Waals surface area contributed by atoms with E-state index in [-0.39, 0.29) is 5.11 Å². The zero-order valence-corrected chi connectivity index (χ0v) is 17.6. The number of hydrogen-bond donors (Lipinski definition) is 3. The smallest absolute Gasteiger partial charge is 0.252 e. The minimum absolute atomic E-state index is 0.201. The van der Waals surface area contributed by atoms with E-state index in [2.05, 4.69) is 16.0 Å². The predicted molar refractivity (Wildman–Crippen MR) is 115 cm³/mol. The highest BCUT2D eigenvalue weighted by molar-refractivity contribution is 7.80. The van der Waals surface area contributed by atoms with Crippen molar-refractivity contribution in [3.05, 3.63) is 59.7 Å². The van der Waals surface area contributed by atoms with Gasteiger partial charge in [-0.3, -0.25) is 4.79 Å². The molecule has 0 radical (unpaired) electrons. The number of nitrogens with one attached hydrogen (secondary N) is 3. The van der Waals surface area contributed by atoms with Crippen LogP contribution in [-0.2, 0) is 0 Å². The van der Waals surface area contributed by atoms with Crippen molar-refractivity contribution in [3.8, 4) is 5.75 Å². The first-order valence-electron chi connectivity index (χ1n) is 7.85. The number of methoxy groups -OCH3 is 1. The van der Waals surface area contributed by atoms with E-state index in [0.29, 0.717) is 11.3 Å². The molecule has 0 aliphatic heterocycles. The molecule has 27 heavy (non-hydrogen) atoms. The number of aryl methyl sites for hydroxylation is 1. The van der Waals surface area contributed by atoms with Gasteiger partial charge >= 0.3 is 0 Å². The molecular formula is C18H18Cl3N3O2S. The Kier molecular flexibility index (Phi) is 7.56. The van der Waals surface area contributed by atoms with Crippen LogP contribution in [0.15, 0.2) is 48.5 Å². The number of anilines is 1. The lowest BCUT2D eigenvalue weighted by molar-refractivity contribution is 0.0934. The molecule has 0 aromatic heterocycles. The summed E-state index contributed by atoms with van der Waals surface area (Å²) in [6.45, 7) is 1.96. The van der Waals surface area contributed by atoms with Gasteiger partial charge in [-0.25, -0.2) is 0 Å². The number of benzene rings is 2. The van der Waals surface area contributed by atoms with Gasteiger partial charge in [0.25, 0.3) is 5.91 Å². The third-order valence-electron chi connectivity index (χ3n) is 3.51. The Hall–Kier alpha value is -1.73. The van der Waals surface area contributed by atoms with E-state index < -0.39 is 15.9 Å². The Morgan fingerprint density at radius 3 is 2.33 bits per heavy atom. The molecule has 2 rings (SSSR count). The van der Waals surface area contributed by atoms with Gasteiger partial charge in [0, 0.05) is 11.3 Å². The monoisotopic (exact) mass is 445 g/mol. The fourth-order valence-electron chi connectivity index (χ4n) is 2.18. The summed E-state index contributed by atoms with van der Waals surface area (Å²) in [5.41, 5.74) is 2.22. The number of alkyl halides is 3. The van der Waals surface area contributed by atoms with Crippen LogP contribution in [0.3, 0.4) is 0 Å². The van der Waals surface area contributed by atoms with Crippen molar-refractivity contribution >= 4 is 63.7 Å². The van der Waals surface area contributed by atoms with Crippen LogP contribution in [-0.4, -0.2) is 28.1 Å². The van der Waals surface area contributed by atoms with Gasteiger partial charge in [0.15, 0.2) is 5.11 Å². The van der Waals surface area contributed by atoms with Crippen LogP contribution in [0.4, 0.5) is 5.69 Å². The zero-order chi connectivity index (χ0) is 20.0. The number of halogens is 3. The van der Waals surface area contributed by atoms with E-state index in [0.717, 1.165) is 11.3 Å². The largest absolute Gasteiger partial charge is 0.497 e. The number of carbonyl (C=O) groups is 1. The van der Waals surface area contributed by atoms with E-state index in [1.54, 1.807) is 31.4 Å². The molecule has 0 aliphatic carbocycles. The standard InChI is InChI=1S/C18H18Cl3N3O2S/c1-11-4-3-5-13(10-11)22-17(27)24-16(18(19,20)21)23-15(25)12-6-8-14(26-2)9-7-12/h3-10,16H,1-2H3,(H,23,25)(H2,22,24,27)/t16-/m1/s1. The quantitative estimate of drug-likeness (QED) is 0.361. The number of carbonyl (C=O) groups excluding carboxylic acids is 1. The predicted octanol–water partition coefficient (Wildman–Crippen LogP) is 4.42. The van der Waals surface area contributed by atoms with Crippen molar-refractivity contribution < 1.29 is 9.53 Å². The SMILES string of the molecule is COc1ccc(C(=O)N[C@H](NC(=S)Nc2cccc(C)c2)C(Cl)(Cl)Cl)cc1. The minimum atomic E-state index is -1.83. The highest BCUT2D eigenvalue weighted by Gasteiger charge is 2.34. The fraction of sp³-hybridized carbons (Fsp3) is 0.222. The number of ether oxygens (including phenoxy) is 1. The Labute approximate surface area is 178 Å². The van der Waals surface area contributed by atoms with Crippen LogP contribution in [0.5, 0.6) is 5.75 Å². The number of thiocarbonyl (C=S) groups is 1. The van der Waals surface area contributed by atoms with Crippen LogP contribution in [0.1, 0.15) is 15.9 Å². The Balaban J connectivity index is 2.06. The van der Waals surface area contributed by atoms with Gasteiger partial charge < -0.3 is 20.7 Å². The summed E-state index contributed by atoms with van der Waals surface area (Å²) in [4.78, 5) is 12.5. The van der Waals surface area contributed by atoms with Crippen molar-refractivity contribution in [2.24, 2.45) is 0 Å². The van der Waals surface area contributed by atoms with E-state index in [1.165, 1.54) is 0 Å². The van der Waals surface area contributed by atoms with Crippen LogP contribution in [0.25, 0.3) is 0 Å². The summed E-state index contributed by atoms with van der Waals surface area (Å²) in [5.74, 6) is 0.200. The van der Waals surface area contributed by atoms with Gasteiger partial charge in [0.05, 0.1) is 7.11 Å². The second-order valence-electron chi connectivity index (χ2n) is 5.64. The first-order valence-corrected chi connectivity index (χ1v) is 9.39. The Bertz CT molecular complexity index is 810. The first-order chi connectivity index (χ1) is 12.7. The van der Waals surface area contributed by atoms with Gasteiger partial charge in [0.1, 0.15) is 11.9 Å². The molecule has 1 atom stereocenters. The van der Waals surface area contributed by atoms with Crippen molar-refractivity contribution in [2.75, 3.05) is 12.4 Å². The molecule has 0 unspecified atom stereocenters. The molecule has 0 saturated heterocycles. The van der Waals surface area contributed by atoms with Crippen LogP contribution in [0.2, 0.25) is 0 Å². The second kappa shape index (κ2) is 9.46. The molecule has 9 heteroatoms. The van der Waals surface area contributed by atoms with Gasteiger partial charge in [0.2, 0.25) is 3.79 Å². The molecule has 144 valence electrons.